The van der Waals surface area contributed by atoms with Crippen LogP contribution in [0.2, 0.25) is 0 Å². The van der Waals surface area contributed by atoms with Crippen LogP contribution in [0.25, 0.3) is 0 Å². The van der Waals surface area contributed by atoms with Gasteiger partial charge in [0.2, 0.25) is 11.8 Å². The van der Waals surface area contributed by atoms with Crippen LogP contribution in [-0.4, -0.2) is 33.8 Å². The number of piperidine rings is 1. The third kappa shape index (κ3) is 2.51. The summed E-state index contributed by atoms with van der Waals surface area (Å²) in [5.74, 6) is -1.99. The minimum atomic E-state index is -1.10. The normalized spacial score (nSPS) is 24.3. The number of likely N-dealkylation sites (tertiary alicyclic amines) is 1. The molecule has 5 nitrogen and oxygen atoms in total. The lowest BCUT2D eigenvalue weighted by Crippen LogP contribution is -2.56. The first kappa shape index (κ1) is 14.0. The summed E-state index contributed by atoms with van der Waals surface area (Å²) in [7, 11) is 0. The van der Waals surface area contributed by atoms with Crippen LogP contribution >= 0.6 is 0 Å². The third-order valence-electron chi connectivity index (χ3n) is 4.42. The molecule has 1 atom stereocenters. The van der Waals surface area contributed by atoms with Crippen molar-refractivity contribution in [2.75, 3.05) is 0 Å². The van der Waals surface area contributed by atoms with Gasteiger partial charge in [-0.05, 0) is 24.2 Å². The predicted molar refractivity (Wildman–Crippen MR) is 68.2 cm³/mol. The highest BCUT2D eigenvalue weighted by Gasteiger charge is 2.48. The van der Waals surface area contributed by atoms with Crippen LogP contribution in [0, 0.1) is 11.3 Å². The van der Waals surface area contributed by atoms with Gasteiger partial charge in [0.25, 0.3) is 0 Å². The van der Waals surface area contributed by atoms with Crippen molar-refractivity contribution in [3.63, 3.8) is 0 Å². The van der Waals surface area contributed by atoms with Gasteiger partial charge in [-0.25, -0.2) is 4.79 Å². The molecule has 5 heteroatoms. The smallest absolute Gasteiger partial charge is 0.327 e. The zero-order valence-corrected chi connectivity index (χ0v) is 11.5. The summed E-state index contributed by atoms with van der Waals surface area (Å²) in [6.07, 6.45) is 4.61. The average molecular weight is 267 g/mol. The lowest BCUT2D eigenvalue weighted by molar-refractivity contribution is -0.166. The highest BCUT2D eigenvalue weighted by atomic mass is 16.4. The molecule has 106 valence electrons. The number of hydrogen-bond donors (Lipinski definition) is 1. The molecular weight excluding hydrogens is 246 g/mol. The summed E-state index contributed by atoms with van der Waals surface area (Å²) in [5, 5.41) is 9.24. The Bertz CT molecular complexity index is 390. The van der Waals surface area contributed by atoms with Crippen molar-refractivity contribution in [2.45, 2.75) is 58.4 Å². The molecule has 2 rings (SSSR count). The number of carbonyl (C=O) groups excluding carboxylic acids is 2. The monoisotopic (exact) mass is 267 g/mol. The Morgan fingerprint density at radius 3 is 2.00 bits per heavy atom. The van der Waals surface area contributed by atoms with E-state index >= 15 is 0 Å². The van der Waals surface area contributed by atoms with Crippen LogP contribution in [0.4, 0.5) is 0 Å². The molecule has 0 aromatic carbocycles. The Kier molecular flexibility index (Phi) is 3.65. The minimum absolute atomic E-state index is 0.176. The summed E-state index contributed by atoms with van der Waals surface area (Å²) in [5.41, 5.74) is -0.176. The summed E-state index contributed by atoms with van der Waals surface area (Å²) in [6.45, 7) is 3.44. The van der Waals surface area contributed by atoms with Gasteiger partial charge in [0, 0.05) is 12.8 Å². The standard InChI is InChI=1S/C14H21NO4/c1-9(2)12(13(18)19)15-10(16)7-14(8-11(15)17)5-3-4-6-14/h9,12H,3-8H2,1-2H3,(H,18,19). The number of imide groups is 1. The van der Waals surface area contributed by atoms with Crippen LogP contribution in [0.15, 0.2) is 0 Å². The van der Waals surface area contributed by atoms with E-state index in [-0.39, 0.29) is 23.1 Å². The number of aliphatic carboxylic acids is 1. The van der Waals surface area contributed by atoms with Crippen molar-refractivity contribution in [1.29, 1.82) is 0 Å². The number of amides is 2. The topological polar surface area (TPSA) is 74.7 Å². The van der Waals surface area contributed by atoms with Crippen LogP contribution in [-0.2, 0) is 14.4 Å². The molecule has 1 saturated heterocycles. The van der Waals surface area contributed by atoms with Crippen LogP contribution < -0.4 is 0 Å². The number of carboxylic acids is 1. The lowest BCUT2D eigenvalue weighted by atomic mass is 9.75. The maximum Gasteiger partial charge on any atom is 0.327 e. The van der Waals surface area contributed by atoms with E-state index in [1.807, 2.05) is 0 Å². The van der Waals surface area contributed by atoms with Crippen molar-refractivity contribution < 1.29 is 19.5 Å². The number of rotatable bonds is 3. The number of carboxylic acid groups (broad SMARTS) is 1. The summed E-state index contributed by atoms with van der Waals surface area (Å²) >= 11 is 0. The van der Waals surface area contributed by atoms with Gasteiger partial charge in [0.15, 0.2) is 0 Å². The van der Waals surface area contributed by atoms with E-state index in [1.165, 1.54) is 0 Å². The molecule has 2 aliphatic rings. The number of nitrogens with zero attached hydrogens (tertiary/aromatic N) is 1. The molecule has 1 spiro atoms. The van der Waals surface area contributed by atoms with E-state index in [2.05, 4.69) is 0 Å². The van der Waals surface area contributed by atoms with E-state index < -0.39 is 12.0 Å². The predicted octanol–water partition coefficient (Wildman–Crippen LogP) is 1.80. The summed E-state index contributed by atoms with van der Waals surface area (Å²) in [6, 6.07) is -1.03. The molecule has 0 aromatic heterocycles. The van der Waals surface area contributed by atoms with Gasteiger partial charge >= 0.3 is 5.97 Å². The number of hydrogen-bond acceptors (Lipinski definition) is 3. The second kappa shape index (κ2) is 4.94. The van der Waals surface area contributed by atoms with Crippen molar-refractivity contribution in [3.8, 4) is 0 Å². The fourth-order valence-electron chi connectivity index (χ4n) is 3.50. The van der Waals surface area contributed by atoms with E-state index in [4.69, 9.17) is 0 Å². The summed E-state index contributed by atoms with van der Waals surface area (Å²) < 4.78 is 0. The fourth-order valence-corrected chi connectivity index (χ4v) is 3.50. The van der Waals surface area contributed by atoms with Crippen LogP contribution in [0.5, 0.6) is 0 Å². The van der Waals surface area contributed by atoms with Gasteiger partial charge in [0.05, 0.1) is 0 Å². The molecule has 2 amide bonds. The van der Waals surface area contributed by atoms with Gasteiger partial charge < -0.3 is 5.11 Å². The zero-order chi connectivity index (χ0) is 14.2. The third-order valence-corrected chi connectivity index (χ3v) is 4.42. The van der Waals surface area contributed by atoms with Gasteiger partial charge in [-0.2, -0.15) is 0 Å². The highest BCUT2D eigenvalue weighted by Crippen LogP contribution is 2.47. The molecule has 1 saturated carbocycles. The quantitative estimate of drug-likeness (QED) is 0.791. The van der Waals surface area contributed by atoms with Crippen molar-refractivity contribution in [3.05, 3.63) is 0 Å². The van der Waals surface area contributed by atoms with Gasteiger partial charge in [-0.3, -0.25) is 14.5 Å². The molecule has 2 fully saturated rings. The van der Waals surface area contributed by atoms with Gasteiger partial charge in [0.1, 0.15) is 6.04 Å². The molecule has 19 heavy (non-hydrogen) atoms. The van der Waals surface area contributed by atoms with E-state index in [0.29, 0.717) is 12.8 Å². The Hall–Kier alpha value is -1.39. The maximum atomic E-state index is 12.3. The van der Waals surface area contributed by atoms with Gasteiger partial charge in [-0.1, -0.05) is 26.7 Å². The first-order chi connectivity index (χ1) is 8.86. The first-order valence-electron chi connectivity index (χ1n) is 6.94. The van der Waals surface area contributed by atoms with Crippen LogP contribution in [0.3, 0.4) is 0 Å². The average Bonchev–Trinajstić information content (AvgIpc) is 2.70. The second-order valence-corrected chi connectivity index (χ2v) is 6.25. The second-order valence-electron chi connectivity index (χ2n) is 6.25. The van der Waals surface area contributed by atoms with Crippen LogP contribution in [0.1, 0.15) is 52.4 Å². The largest absolute Gasteiger partial charge is 0.480 e. The van der Waals surface area contributed by atoms with Crippen molar-refractivity contribution in [2.24, 2.45) is 11.3 Å². The van der Waals surface area contributed by atoms with E-state index in [0.717, 1.165) is 30.6 Å². The Balaban J connectivity index is 2.22. The molecule has 0 bridgehead atoms. The molecule has 1 heterocycles. The van der Waals surface area contributed by atoms with Crippen molar-refractivity contribution >= 4 is 17.8 Å². The highest BCUT2D eigenvalue weighted by molar-refractivity contribution is 6.02. The zero-order valence-electron chi connectivity index (χ0n) is 11.5. The Labute approximate surface area is 113 Å². The fraction of sp³-hybridized carbons (Fsp3) is 0.786. The Morgan fingerprint density at radius 1 is 1.16 bits per heavy atom. The molecule has 0 radical (unpaired) electrons. The maximum absolute atomic E-state index is 12.3. The van der Waals surface area contributed by atoms with E-state index in [1.54, 1.807) is 13.8 Å². The summed E-state index contributed by atoms with van der Waals surface area (Å²) in [4.78, 5) is 36.8. The SMILES string of the molecule is CC(C)C(C(=O)O)N1C(=O)CC2(CCCC2)CC1=O. The van der Waals surface area contributed by atoms with Crippen molar-refractivity contribution in [1.82, 2.24) is 4.90 Å². The Morgan fingerprint density at radius 2 is 1.63 bits per heavy atom. The molecule has 1 unspecified atom stereocenters. The lowest BCUT2D eigenvalue weighted by Gasteiger charge is -2.40. The molecule has 0 aromatic rings. The number of carbonyl (C=O) groups is 3. The molecular formula is C14H21NO4. The van der Waals surface area contributed by atoms with Gasteiger partial charge in [-0.15, -0.1) is 0 Å². The minimum Gasteiger partial charge on any atom is -0.480 e. The molecule has 1 aliphatic heterocycles. The molecule has 1 N–H and O–H groups in total. The first-order valence-corrected chi connectivity index (χ1v) is 6.94. The molecule has 1 aliphatic carbocycles. The van der Waals surface area contributed by atoms with E-state index in [9.17, 15) is 19.5 Å².